The first-order valence-corrected chi connectivity index (χ1v) is 4.17. The molecule has 2 aromatic rings. The molecule has 0 atom stereocenters. The first-order valence-electron chi connectivity index (χ1n) is 4.17. The molecule has 0 unspecified atom stereocenters. The van der Waals surface area contributed by atoms with Crippen LogP contribution in [0.15, 0.2) is 48.0 Å². The van der Waals surface area contributed by atoms with E-state index < -0.39 is 0 Å². The Labute approximate surface area is 81.1 Å². The molecular weight excluding hydrogens is 178 g/mol. The van der Waals surface area contributed by atoms with Gasteiger partial charge in [0, 0.05) is 24.2 Å². The van der Waals surface area contributed by atoms with Gasteiger partial charge in [0.05, 0.1) is 6.21 Å². The van der Waals surface area contributed by atoms with Crippen molar-refractivity contribution in [1.82, 2.24) is 9.55 Å². The van der Waals surface area contributed by atoms with E-state index in [1.54, 1.807) is 6.20 Å². The van der Waals surface area contributed by atoms with Crippen LogP contribution in [-0.2, 0) is 0 Å². The summed E-state index contributed by atoms with van der Waals surface area (Å²) in [5.74, 6) is 0.838. The van der Waals surface area contributed by atoms with Crippen molar-refractivity contribution in [2.24, 2.45) is 5.16 Å². The van der Waals surface area contributed by atoms with Gasteiger partial charge in [0.1, 0.15) is 5.82 Å². The first-order chi connectivity index (χ1) is 6.90. The van der Waals surface area contributed by atoms with Gasteiger partial charge in [-0.25, -0.2) is 4.98 Å². The Bertz CT molecular complexity index is 434. The van der Waals surface area contributed by atoms with E-state index >= 15 is 0 Å². The number of hydrogen-bond donors (Lipinski definition) is 1. The molecule has 0 saturated carbocycles. The Kier molecular flexibility index (Phi) is 2.27. The van der Waals surface area contributed by atoms with Crippen LogP contribution in [0.4, 0.5) is 0 Å². The topological polar surface area (TPSA) is 50.4 Å². The summed E-state index contributed by atoms with van der Waals surface area (Å²) in [7, 11) is 0. The molecule has 0 aliphatic carbocycles. The molecule has 0 spiro atoms. The molecule has 0 saturated heterocycles. The number of aromatic nitrogens is 2. The van der Waals surface area contributed by atoms with Crippen molar-refractivity contribution >= 4 is 6.21 Å². The number of pyridine rings is 1. The third kappa shape index (κ3) is 1.64. The van der Waals surface area contributed by atoms with Gasteiger partial charge in [-0.3, -0.25) is 0 Å². The van der Waals surface area contributed by atoms with Crippen molar-refractivity contribution in [3.8, 4) is 5.82 Å². The second-order valence-electron chi connectivity index (χ2n) is 2.78. The predicted octanol–water partition coefficient (Wildman–Crippen LogP) is 1.68. The second-order valence-corrected chi connectivity index (χ2v) is 2.78. The monoisotopic (exact) mass is 187 g/mol. The maximum atomic E-state index is 8.34. The predicted molar refractivity (Wildman–Crippen MR) is 52.9 cm³/mol. The van der Waals surface area contributed by atoms with Crippen molar-refractivity contribution in [3.63, 3.8) is 0 Å². The average Bonchev–Trinajstić information content (AvgIpc) is 2.68. The van der Waals surface area contributed by atoms with Crippen molar-refractivity contribution in [2.45, 2.75) is 0 Å². The van der Waals surface area contributed by atoms with Crippen molar-refractivity contribution in [3.05, 3.63) is 48.4 Å². The van der Waals surface area contributed by atoms with Crippen LogP contribution in [0.2, 0.25) is 0 Å². The van der Waals surface area contributed by atoms with E-state index in [0.29, 0.717) is 0 Å². The van der Waals surface area contributed by atoms with E-state index in [4.69, 9.17) is 5.21 Å². The molecule has 14 heavy (non-hydrogen) atoms. The van der Waals surface area contributed by atoms with E-state index in [1.165, 1.54) is 6.21 Å². The molecule has 2 heterocycles. The third-order valence-corrected chi connectivity index (χ3v) is 1.84. The van der Waals surface area contributed by atoms with Gasteiger partial charge in [0.25, 0.3) is 0 Å². The van der Waals surface area contributed by atoms with Crippen LogP contribution < -0.4 is 0 Å². The van der Waals surface area contributed by atoms with Crippen LogP contribution >= 0.6 is 0 Å². The highest BCUT2D eigenvalue weighted by Gasteiger charge is 1.96. The minimum absolute atomic E-state index is 0.832. The molecule has 2 rings (SSSR count). The van der Waals surface area contributed by atoms with Gasteiger partial charge in [-0.1, -0.05) is 11.2 Å². The molecular formula is C10H9N3O. The quantitative estimate of drug-likeness (QED) is 0.441. The molecule has 0 aliphatic heterocycles. The lowest BCUT2D eigenvalue weighted by atomic mass is 10.4. The zero-order chi connectivity index (χ0) is 9.80. The lowest BCUT2D eigenvalue weighted by molar-refractivity contribution is 0.322. The van der Waals surface area contributed by atoms with Crippen LogP contribution in [0.3, 0.4) is 0 Å². The van der Waals surface area contributed by atoms with Gasteiger partial charge < -0.3 is 9.77 Å². The molecule has 0 aliphatic rings. The zero-order valence-electron chi connectivity index (χ0n) is 7.41. The van der Waals surface area contributed by atoms with Crippen LogP contribution in [-0.4, -0.2) is 21.0 Å². The summed E-state index contributed by atoms with van der Waals surface area (Å²) in [6.45, 7) is 0. The molecule has 0 aromatic carbocycles. The summed E-state index contributed by atoms with van der Waals surface area (Å²) < 4.78 is 1.86. The van der Waals surface area contributed by atoms with Crippen LogP contribution in [0, 0.1) is 0 Å². The van der Waals surface area contributed by atoms with E-state index in [1.807, 2.05) is 41.2 Å². The number of hydrogen-bond acceptors (Lipinski definition) is 3. The molecule has 0 fully saturated rings. The molecule has 1 N–H and O–H groups in total. The summed E-state index contributed by atoms with van der Waals surface area (Å²) in [6, 6.07) is 7.53. The van der Waals surface area contributed by atoms with E-state index in [-0.39, 0.29) is 0 Å². The lowest BCUT2D eigenvalue weighted by Gasteiger charge is -1.98. The fraction of sp³-hybridized carbons (Fsp3) is 0. The van der Waals surface area contributed by atoms with Gasteiger partial charge in [0.2, 0.25) is 0 Å². The number of rotatable bonds is 2. The molecule has 70 valence electrons. The Balaban J connectivity index is 2.34. The summed E-state index contributed by atoms with van der Waals surface area (Å²) in [5.41, 5.74) is 0.832. The lowest BCUT2D eigenvalue weighted by Crippen LogP contribution is -1.92. The van der Waals surface area contributed by atoms with Gasteiger partial charge in [-0.2, -0.15) is 0 Å². The number of oxime groups is 1. The van der Waals surface area contributed by atoms with Gasteiger partial charge in [-0.05, 0) is 18.2 Å². The van der Waals surface area contributed by atoms with Crippen LogP contribution in [0.25, 0.3) is 5.82 Å². The Morgan fingerprint density at radius 2 is 2.29 bits per heavy atom. The van der Waals surface area contributed by atoms with Crippen molar-refractivity contribution in [1.29, 1.82) is 0 Å². The zero-order valence-corrected chi connectivity index (χ0v) is 7.41. The Morgan fingerprint density at radius 1 is 1.36 bits per heavy atom. The normalized spacial score (nSPS) is 10.9. The minimum atomic E-state index is 0.832. The largest absolute Gasteiger partial charge is 0.411 e. The molecule has 0 amide bonds. The van der Waals surface area contributed by atoms with E-state index in [2.05, 4.69) is 10.1 Å². The SMILES string of the molecule is O/N=C\c1ccn(-c2ccccn2)c1. The summed E-state index contributed by atoms with van der Waals surface area (Å²) in [5, 5.41) is 11.3. The molecule has 0 bridgehead atoms. The third-order valence-electron chi connectivity index (χ3n) is 1.84. The summed E-state index contributed by atoms with van der Waals surface area (Å²) in [4.78, 5) is 4.18. The average molecular weight is 187 g/mol. The van der Waals surface area contributed by atoms with Crippen LogP contribution in [0.1, 0.15) is 5.56 Å². The molecule has 4 nitrogen and oxygen atoms in total. The van der Waals surface area contributed by atoms with Gasteiger partial charge >= 0.3 is 0 Å². The summed E-state index contributed by atoms with van der Waals surface area (Å²) in [6.07, 6.45) is 6.80. The number of nitrogens with zero attached hydrogens (tertiary/aromatic N) is 3. The highest BCUT2D eigenvalue weighted by Crippen LogP contribution is 2.05. The van der Waals surface area contributed by atoms with Crippen molar-refractivity contribution < 1.29 is 5.21 Å². The second kappa shape index (κ2) is 3.74. The maximum absolute atomic E-state index is 8.34. The highest BCUT2D eigenvalue weighted by atomic mass is 16.4. The Hall–Kier alpha value is -2.10. The van der Waals surface area contributed by atoms with Crippen LogP contribution in [0.5, 0.6) is 0 Å². The highest BCUT2D eigenvalue weighted by molar-refractivity contribution is 5.78. The van der Waals surface area contributed by atoms with Gasteiger partial charge in [-0.15, -0.1) is 0 Å². The first kappa shape index (κ1) is 8.50. The standard InChI is InChI=1S/C10H9N3O/c14-12-7-9-4-6-13(8-9)10-3-1-2-5-11-10/h1-8,14H/b12-7-. The molecule has 0 radical (unpaired) electrons. The molecule has 2 aromatic heterocycles. The van der Waals surface area contributed by atoms with Crippen molar-refractivity contribution in [2.75, 3.05) is 0 Å². The summed E-state index contributed by atoms with van der Waals surface area (Å²) >= 11 is 0. The molecule has 4 heteroatoms. The fourth-order valence-corrected chi connectivity index (χ4v) is 1.21. The van der Waals surface area contributed by atoms with E-state index in [9.17, 15) is 0 Å². The fourth-order valence-electron chi connectivity index (χ4n) is 1.21. The smallest absolute Gasteiger partial charge is 0.136 e. The maximum Gasteiger partial charge on any atom is 0.136 e. The Morgan fingerprint density at radius 3 is 3.00 bits per heavy atom. The minimum Gasteiger partial charge on any atom is -0.411 e. The van der Waals surface area contributed by atoms with E-state index in [0.717, 1.165) is 11.4 Å². The van der Waals surface area contributed by atoms with Gasteiger partial charge in [0.15, 0.2) is 0 Å².